The summed E-state index contributed by atoms with van der Waals surface area (Å²) in [5.74, 6) is 0.262. The van der Waals surface area contributed by atoms with Gasteiger partial charge in [-0.2, -0.15) is 4.31 Å². The lowest BCUT2D eigenvalue weighted by Crippen LogP contribution is -2.50. The number of aromatic nitrogens is 5. The van der Waals surface area contributed by atoms with Crippen LogP contribution in [0, 0.1) is 6.92 Å². The van der Waals surface area contributed by atoms with Gasteiger partial charge in [0.2, 0.25) is 5.16 Å². The van der Waals surface area contributed by atoms with Crippen LogP contribution in [0.4, 0.5) is 0 Å². The summed E-state index contributed by atoms with van der Waals surface area (Å²) >= 11 is 5.97. The molecule has 5 rings (SSSR count). The Morgan fingerprint density at radius 2 is 1.76 bits per heavy atom. The van der Waals surface area contributed by atoms with E-state index in [1.165, 1.54) is 16.7 Å². The predicted octanol–water partition coefficient (Wildman–Crippen LogP) is 2.52. The molecule has 1 aromatic carbocycles. The van der Waals surface area contributed by atoms with Gasteiger partial charge in [0.15, 0.2) is 5.82 Å². The molecule has 12 heteroatoms. The van der Waals surface area contributed by atoms with Crippen molar-refractivity contribution in [1.82, 2.24) is 34.1 Å². The monoisotopic (exact) mass is 497 g/mol. The Kier molecular flexibility index (Phi) is 5.76. The molecule has 0 aliphatic carbocycles. The van der Waals surface area contributed by atoms with Gasteiger partial charge in [0.25, 0.3) is 15.9 Å². The number of hydrogen-bond acceptors (Lipinski definition) is 7. The van der Waals surface area contributed by atoms with Gasteiger partial charge in [-0.15, -0.1) is 0 Å². The Balaban J connectivity index is 1.26. The van der Waals surface area contributed by atoms with Gasteiger partial charge in [0, 0.05) is 61.0 Å². The first-order chi connectivity index (χ1) is 16.3. The molecule has 3 aromatic heterocycles. The fourth-order valence-corrected chi connectivity index (χ4v) is 5.29. The second-order valence-electron chi connectivity index (χ2n) is 7.88. The van der Waals surface area contributed by atoms with Gasteiger partial charge in [-0.3, -0.25) is 9.78 Å². The number of carbonyl (C=O) groups is 1. The van der Waals surface area contributed by atoms with Gasteiger partial charge >= 0.3 is 0 Å². The normalized spacial score (nSPS) is 15.1. The Hall–Kier alpha value is -3.41. The van der Waals surface area contributed by atoms with E-state index in [9.17, 15) is 13.2 Å². The summed E-state index contributed by atoms with van der Waals surface area (Å²) in [6.45, 7) is 2.68. The molecule has 1 amide bonds. The number of amides is 1. The topological polar surface area (TPSA) is 125 Å². The van der Waals surface area contributed by atoms with Crippen LogP contribution in [0.25, 0.3) is 22.4 Å². The molecule has 0 unspecified atom stereocenters. The quantitative estimate of drug-likeness (QED) is 0.459. The first kappa shape index (κ1) is 22.4. The third-order valence-electron chi connectivity index (χ3n) is 5.59. The summed E-state index contributed by atoms with van der Waals surface area (Å²) in [5.41, 5.74) is 3.08. The molecule has 1 aliphatic heterocycles. The average molecular weight is 498 g/mol. The number of hydrogen-bond donors (Lipinski definition) is 1. The lowest BCUT2D eigenvalue weighted by Gasteiger charge is -2.33. The summed E-state index contributed by atoms with van der Waals surface area (Å²) < 4.78 is 27.4. The second kappa shape index (κ2) is 8.75. The molecule has 10 nitrogen and oxygen atoms in total. The number of fused-ring (bicyclic) bond motifs is 1. The number of H-pyrrole nitrogens is 1. The number of nitrogens with zero attached hydrogens (tertiary/aromatic N) is 6. The van der Waals surface area contributed by atoms with Crippen LogP contribution in [-0.4, -0.2) is 74.6 Å². The van der Waals surface area contributed by atoms with Crippen LogP contribution in [0.5, 0.6) is 0 Å². The first-order valence-electron chi connectivity index (χ1n) is 10.5. The zero-order valence-corrected chi connectivity index (χ0v) is 19.7. The van der Waals surface area contributed by atoms with Gasteiger partial charge in [0.05, 0.1) is 16.6 Å². The highest BCUT2D eigenvalue weighted by atomic mass is 35.5. The van der Waals surface area contributed by atoms with E-state index in [4.69, 9.17) is 11.6 Å². The number of imidazole rings is 1. The van der Waals surface area contributed by atoms with Crippen molar-refractivity contribution < 1.29 is 13.2 Å². The lowest BCUT2D eigenvalue weighted by molar-refractivity contribution is 0.0697. The van der Waals surface area contributed by atoms with Crippen LogP contribution in [0.2, 0.25) is 5.02 Å². The molecular formula is C22H20ClN7O3S. The summed E-state index contributed by atoms with van der Waals surface area (Å²) in [7, 11) is -3.83. The van der Waals surface area contributed by atoms with E-state index >= 15 is 0 Å². The van der Waals surface area contributed by atoms with Crippen molar-refractivity contribution in [3.05, 3.63) is 65.2 Å². The Morgan fingerprint density at radius 3 is 2.47 bits per heavy atom. The molecule has 34 heavy (non-hydrogen) atoms. The molecule has 0 atom stereocenters. The second-order valence-corrected chi connectivity index (χ2v) is 10.2. The predicted molar refractivity (Wildman–Crippen MR) is 126 cm³/mol. The molecule has 0 radical (unpaired) electrons. The van der Waals surface area contributed by atoms with Crippen molar-refractivity contribution in [2.75, 3.05) is 26.2 Å². The molecule has 0 bridgehead atoms. The Morgan fingerprint density at radius 1 is 1.03 bits per heavy atom. The first-order valence-corrected chi connectivity index (χ1v) is 12.3. The molecular weight excluding hydrogens is 478 g/mol. The van der Waals surface area contributed by atoms with E-state index in [0.717, 1.165) is 11.3 Å². The molecule has 1 N–H and O–H groups in total. The van der Waals surface area contributed by atoms with E-state index in [1.807, 2.05) is 13.0 Å². The summed E-state index contributed by atoms with van der Waals surface area (Å²) in [6.07, 6.45) is 4.66. The Labute approximate surface area is 200 Å². The van der Waals surface area contributed by atoms with Crippen molar-refractivity contribution >= 4 is 38.6 Å². The number of aryl methyl sites for hydroxylation is 1. The van der Waals surface area contributed by atoms with E-state index in [1.54, 1.807) is 35.4 Å². The highest BCUT2D eigenvalue weighted by molar-refractivity contribution is 7.89. The molecule has 4 heterocycles. The van der Waals surface area contributed by atoms with Crippen molar-refractivity contribution in [2.45, 2.75) is 12.1 Å². The standard InChI is InChI=1S/C22H20ClN7O3S/c1-14-10-15(4-5-24-14)20-25-12-16(13-26-20)21(31)29-6-8-30(9-7-29)34(32,33)22-27-18-3-2-17(23)11-19(18)28-22/h2-5,10-13H,6-9H2,1H3,(H,27,28). The molecule has 0 spiro atoms. The molecule has 174 valence electrons. The van der Waals surface area contributed by atoms with Crippen LogP contribution in [0.1, 0.15) is 16.1 Å². The van der Waals surface area contributed by atoms with Crippen LogP contribution >= 0.6 is 11.6 Å². The lowest BCUT2D eigenvalue weighted by atomic mass is 10.2. The maximum absolute atomic E-state index is 13.1. The minimum Gasteiger partial charge on any atom is -0.336 e. The third-order valence-corrected chi connectivity index (χ3v) is 7.55. The number of halogens is 1. The zero-order valence-electron chi connectivity index (χ0n) is 18.1. The number of carbonyl (C=O) groups excluding carboxylic acids is 1. The van der Waals surface area contributed by atoms with E-state index in [2.05, 4.69) is 24.9 Å². The van der Waals surface area contributed by atoms with Crippen LogP contribution < -0.4 is 0 Å². The van der Waals surface area contributed by atoms with E-state index < -0.39 is 10.0 Å². The number of pyridine rings is 1. The molecule has 1 saturated heterocycles. The van der Waals surface area contributed by atoms with Crippen molar-refractivity contribution in [3.8, 4) is 11.4 Å². The van der Waals surface area contributed by atoms with E-state index in [0.29, 0.717) is 27.4 Å². The summed E-state index contributed by atoms with van der Waals surface area (Å²) in [4.78, 5) is 34.3. The molecule has 1 fully saturated rings. The molecule has 4 aromatic rings. The number of aromatic amines is 1. The van der Waals surface area contributed by atoms with Gasteiger partial charge in [0.1, 0.15) is 0 Å². The molecule has 1 aliphatic rings. The largest absolute Gasteiger partial charge is 0.336 e. The third kappa shape index (κ3) is 4.25. The van der Waals surface area contributed by atoms with Gasteiger partial charge < -0.3 is 9.88 Å². The average Bonchev–Trinajstić information content (AvgIpc) is 3.28. The molecule has 0 saturated carbocycles. The number of benzene rings is 1. The van der Waals surface area contributed by atoms with E-state index in [-0.39, 0.29) is 37.2 Å². The van der Waals surface area contributed by atoms with Gasteiger partial charge in [-0.25, -0.2) is 23.4 Å². The maximum Gasteiger partial charge on any atom is 0.276 e. The fourth-order valence-electron chi connectivity index (χ4n) is 3.79. The minimum atomic E-state index is -3.83. The SMILES string of the molecule is Cc1cc(-c2ncc(C(=O)N3CCN(S(=O)(=O)c4nc5cc(Cl)ccc5[nH]4)CC3)cn2)ccn1. The number of piperazine rings is 1. The van der Waals surface area contributed by atoms with Crippen LogP contribution in [0.3, 0.4) is 0 Å². The van der Waals surface area contributed by atoms with Gasteiger partial charge in [-0.1, -0.05) is 11.6 Å². The fraction of sp³-hybridized carbons (Fsp3) is 0.227. The number of sulfonamides is 1. The van der Waals surface area contributed by atoms with Crippen molar-refractivity contribution in [1.29, 1.82) is 0 Å². The van der Waals surface area contributed by atoms with Crippen molar-refractivity contribution in [2.24, 2.45) is 0 Å². The number of nitrogens with one attached hydrogen (secondary N) is 1. The number of rotatable bonds is 4. The zero-order chi connectivity index (χ0) is 23.9. The summed E-state index contributed by atoms with van der Waals surface area (Å²) in [5, 5.41) is 0.336. The smallest absolute Gasteiger partial charge is 0.276 e. The van der Waals surface area contributed by atoms with Gasteiger partial charge in [-0.05, 0) is 37.3 Å². The maximum atomic E-state index is 13.1. The highest BCUT2D eigenvalue weighted by Gasteiger charge is 2.32. The van der Waals surface area contributed by atoms with Crippen LogP contribution in [0.15, 0.2) is 54.1 Å². The Bertz CT molecular complexity index is 1480. The van der Waals surface area contributed by atoms with Crippen molar-refractivity contribution in [3.63, 3.8) is 0 Å². The van der Waals surface area contributed by atoms with Crippen LogP contribution in [-0.2, 0) is 10.0 Å². The summed E-state index contributed by atoms with van der Waals surface area (Å²) in [6, 6.07) is 8.63. The highest BCUT2D eigenvalue weighted by Crippen LogP contribution is 2.22. The minimum absolute atomic E-state index is 0.139.